The minimum absolute atomic E-state index is 0.559. The van der Waals surface area contributed by atoms with Crippen molar-refractivity contribution in [2.75, 3.05) is 0 Å². The minimum Gasteiger partial charge on any atom is -0.309 e. The molecule has 0 N–H and O–H groups in total. The van der Waals surface area contributed by atoms with E-state index >= 15 is 0 Å². The van der Waals surface area contributed by atoms with E-state index in [4.69, 9.17) is 0 Å². The van der Waals surface area contributed by atoms with Gasteiger partial charge in [0.2, 0.25) is 0 Å². The minimum atomic E-state index is -0.559. The number of hydrogen-bond acceptors (Lipinski definition) is 0. The summed E-state index contributed by atoms with van der Waals surface area (Å²) < 4.78 is 4.57. The van der Waals surface area contributed by atoms with Crippen molar-refractivity contribution in [2.24, 2.45) is 0 Å². The Morgan fingerprint density at radius 1 is 0.370 bits per heavy atom. The monoisotopic (exact) mass is 815 g/mol. The van der Waals surface area contributed by atoms with Crippen LogP contribution in [0, 0.1) is 0 Å². The summed E-state index contributed by atoms with van der Waals surface area (Å²) in [4.78, 5) is 0. The highest BCUT2D eigenvalue weighted by molar-refractivity contribution is 9.10. The maximum atomic E-state index is 3.75. The second-order valence-corrected chi connectivity index (χ2v) is 16.2. The van der Waals surface area contributed by atoms with Gasteiger partial charge in [0.25, 0.3) is 0 Å². The van der Waals surface area contributed by atoms with Crippen LogP contribution in [0.4, 0.5) is 0 Å². The topological polar surface area (TPSA) is 4.93 Å². The SMILES string of the molecule is Brc1ccc2c(c1)c1cc(Br)ccc1n2-c1ccc2c(c1)C(c1ccccc1)(c1ccccc1)c1cc(-c3cc4ccccc4c4ccccc34)ccc1-2. The van der Waals surface area contributed by atoms with Crippen molar-refractivity contribution >= 4 is 75.2 Å². The Balaban J connectivity index is 1.23. The zero-order chi connectivity index (χ0) is 36.0. The molecule has 0 unspecified atom stereocenters. The maximum absolute atomic E-state index is 3.75. The first-order valence-electron chi connectivity index (χ1n) is 18.3. The number of aromatic nitrogens is 1. The molecule has 0 spiro atoms. The number of nitrogens with zero attached hydrogens (tertiary/aromatic N) is 1. The van der Waals surface area contributed by atoms with E-state index in [2.05, 4.69) is 224 Å². The molecule has 1 nitrogen and oxygen atoms in total. The van der Waals surface area contributed by atoms with E-state index in [1.165, 1.54) is 87.9 Å². The molecular formula is C51H31Br2N. The van der Waals surface area contributed by atoms with Gasteiger partial charge in [0.15, 0.2) is 0 Å². The van der Waals surface area contributed by atoms with Gasteiger partial charge < -0.3 is 4.57 Å². The molecule has 0 radical (unpaired) electrons. The normalized spacial score (nSPS) is 13.1. The molecule has 0 atom stereocenters. The number of hydrogen-bond donors (Lipinski definition) is 0. The fraction of sp³-hybridized carbons (Fsp3) is 0.0196. The Morgan fingerprint density at radius 3 is 1.56 bits per heavy atom. The second-order valence-electron chi connectivity index (χ2n) is 14.3. The predicted molar refractivity (Wildman–Crippen MR) is 234 cm³/mol. The third-order valence-corrected chi connectivity index (χ3v) is 12.5. The second kappa shape index (κ2) is 12.1. The third-order valence-electron chi connectivity index (χ3n) is 11.6. The van der Waals surface area contributed by atoms with Crippen LogP contribution in [-0.4, -0.2) is 4.57 Å². The van der Waals surface area contributed by atoms with Crippen LogP contribution in [0.3, 0.4) is 0 Å². The molecule has 254 valence electrons. The van der Waals surface area contributed by atoms with Crippen molar-refractivity contribution in [3.63, 3.8) is 0 Å². The summed E-state index contributed by atoms with van der Waals surface area (Å²) in [6.07, 6.45) is 0. The molecule has 10 aromatic rings. The molecule has 1 aliphatic carbocycles. The molecule has 3 heteroatoms. The first-order chi connectivity index (χ1) is 26.6. The number of rotatable bonds is 4. The first kappa shape index (κ1) is 31.8. The standard InChI is InChI=1S/C51H31Br2N/c52-36-20-25-49-45(29-36)46-30-37(53)21-26-50(46)54(49)38-22-24-43-42-23-19-33(44-27-32-11-7-8-16-39(32)40-17-9-10-18-41(40)44)28-47(42)51(48(43)31-38,34-12-3-1-4-13-34)35-14-5-2-6-15-35/h1-31H. The molecule has 1 aliphatic rings. The molecule has 1 heterocycles. The van der Waals surface area contributed by atoms with Gasteiger partial charge in [-0.3, -0.25) is 0 Å². The molecule has 54 heavy (non-hydrogen) atoms. The summed E-state index contributed by atoms with van der Waals surface area (Å²) in [6, 6.07) is 69.8. The summed E-state index contributed by atoms with van der Waals surface area (Å²) in [5.41, 5.74) is 13.0. The Morgan fingerprint density at radius 2 is 0.907 bits per heavy atom. The molecule has 11 rings (SSSR count). The van der Waals surface area contributed by atoms with Crippen LogP contribution in [0.2, 0.25) is 0 Å². The quantitative estimate of drug-likeness (QED) is 0.156. The molecular weight excluding hydrogens is 786 g/mol. The molecule has 0 aliphatic heterocycles. The van der Waals surface area contributed by atoms with Gasteiger partial charge in [-0.15, -0.1) is 0 Å². The van der Waals surface area contributed by atoms with Crippen LogP contribution in [-0.2, 0) is 5.41 Å². The first-order valence-corrected chi connectivity index (χ1v) is 19.9. The Labute approximate surface area is 330 Å². The zero-order valence-electron chi connectivity index (χ0n) is 29.1. The summed E-state index contributed by atoms with van der Waals surface area (Å²) in [6.45, 7) is 0. The van der Waals surface area contributed by atoms with Gasteiger partial charge in [-0.05, 0) is 127 Å². The van der Waals surface area contributed by atoms with Crippen molar-refractivity contribution in [2.45, 2.75) is 5.41 Å². The highest BCUT2D eigenvalue weighted by atomic mass is 79.9. The zero-order valence-corrected chi connectivity index (χ0v) is 32.3. The van der Waals surface area contributed by atoms with Crippen LogP contribution in [0.15, 0.2) is 197 Å². The van der Waals surface area contributed by atoms with Gasteiger partial charge in [0.05, 0.1) is 16.4 Å². The molecule has 9 aromatic carbocycles. The van der Waals surface area contributed by atoms with Crippen LogP contribution in [0.1, 0.15) is 22.3 Å². The van der Waals surface area contributed by atoms with Crippen molar-refractivity contribution < 1.29 is 0 Å². The molecule has 0 bridgehead atoms. The molecule has 0 fully saturated rings. The van der Waals surface area contributed by atoms with E-state index in [9.17, 15) is 0 Å². The molecule has 1 aromatic heterocycles. The van der Waals surface area contributed by atoms with E-state index in [1.807, 2.05) is 0 Å². The Hall–Kier alpha value is -5.74. The summed E-state index contributed by atoms with van der Waals surface area (Å²) in [5, 5.41) is 7.52. The fourth-order valence-corrected chi connectivity index (χ4v) is 10.0. The van der Waals surface area contributed by atoms with Gasteiger partial charge in [-0.2, -0.15) is 0 Å². The lowest BCUT2D eigenvalue weighted by atomic mass is 9.67. The van der Waals surface area contributed by atoms with Crippen LogP contribution < -0.4 is 0 Å². The van der Waals surface area contributed by atoms with Crippen molar-refractivity contribution in [3.05, 3.63) is 219 Å². The van der Waals surface area contributed by atoms with Gasteiger partial charge in [0, 0.05) is 25.4 Å². The van der Waals surface area contributed by atoms with Gasteiger partial charge in [-0.25, -0.2) is 0 Å². The Bertz CT molecular complexity index is 3020. The number of halogens is 2. The molecule has 0 amide bonds. The van der Waals surface area contributed by atoms with Crippen molar-refractivity contribution in [3.8, 4) is 27.9 Å². The smallest absolute Gasteiger partial charge is 0.0714 e. The number of fused-ring (bicyclic) bond motifs is 9. The van der Waals surface area contributed by atoms with Crippen molar-refractivity contribution in [1.82, 2.24) is 4.57 Å². The average Bonchev–Trinajstić information content (AvgIpc) is 3.70. The summed E-state index contributed by atoms with van der Waals surface area (Å²) in [7, 11) is 0. The molecule has 0 saturated heterocycles. The van der Waals surface area contributed by atoms with Crippen molar-refractivity contribution in [1.29, 1.82) is 0 Å². The van der Waals surface area contributed by atoms with Crippen LogP contribution in [0.25, 0.3) is 71.3 Å². The summed E-state index contributed by atoms with van der Waals surface area (Å²) in [5.74, 6) is 0. The maximum Gasteiger partial charge on any atom is 0.0714 e. The van der Waals surface area contributed by atoms with Gasteiger partial charge >= 0.3 is 0 Å². The third kappa shape index (κ3) is 4.55. The predicted octanol–water partition coefficient (Wildman–Crippen LogP) is 14.6. The lowest BCUT2D eigenvalue weighted by molar-refractivity contribution is 0.768. The highest BCUT2D eigenvalue weighted by Crippen LogP contribution is 2.57. The van der Waals surface area contributed by atoms with E-state index in [-0.39, 0.29) is 0 Å². The highest BCUT2D eigenvalue weighted by Gasteiger charge is 2.46. The van der Waals surface area contributed by atoms with E-state index < -0.39 is 5.41 Å². The lowest BCUT2D eigenvalue weighted by Crippen LogP contribution is -2.28. The van der Waals surface area contributed by atoms with Gasteiger partial charge in [0.1, 0.15) is 0 Å². The largest absolute Gasteiger partial charge is 0.309 e. The Kier molecular flexibility index (Phi) is 7.14. The van der Waals surface area contributed by atoms with Crippen LogP contribution in [0.5, 0.6) is 0 Å². The van der Waals surface area contributed by atoms with Crippen LogP contribution >= 0.6 is 31.9 Å². The fourth-order valence-electron chi connectivity index (χ4n) is 9.32. The van der Waals surface area contributed by atoms with E-state index in [1.54, 1.807) is 0 Å². The number of benzene rings is 9. The lowest BCUT2D eigenvalue weighted by Gasteiger charge is -2.34. The molecule has 0 saturated carbocycles. The average molecular weight is 818 g/mol. The van der Waals surface area contributed by atoms with E-state index in [0.717, 1.165) is 14.6 Å². The summed E-state index contributed by atoms with van der Waals surface area (Å²) >= 11 is 7.51. The van der Waals surface area contributed by atoms with E-state index in [0.29, 0.717) is 0 Å². The van der Waals surface area contributed by atoms with Gasteiger partial charge in [-0.1, -0.05) is 159 Å².